The van der Waals surface area contributed by atoms with Crippen LogP contribution < -0.4 is 19.7 Å². The molecule has 0 fully saturated rings. The standard InChI is InChI=1S/C21H28N2O3/c1-5-25-19-12-7-16(15-20(19)26-6-2)13-14-22-21(24)17-8-10-18(11-9-17)23(3)4/h7-12,15H,5-6,13-14H2,1-4H3,(H,22,24). The summed E-state index contributed by atoms with van der Waals surface area (Å²) >= 11 is 0. The monoisotopic (exact) mass is 356 g/mol. The number of ether oxygens (including phenoxy) is 2. The minimum atomic E-state index is -0.0636. The Hall–Kier alpha value is -2.69. The van der Waals surface area contributed by atoms with Crippen molar-refractivity contribution in [2.24, 2.45) is 0 Å². The highest BCUT2D eigenvalue weighted by Gasteiger charge is 2.08. The molecule has 0 aliphatic carbocycles. The van der Waals surface area contributed by atoms with Gasteiger partial charge in [-0.1, -0.05) is 6.07 Å². The molecule has 0 aliphatic heterocycles. The molecule has 2 rings (SSSR count). The quantitative estimate of drug-likeness (QED) is 0.747. The lowest BCUT2D eigenvalue weighted by Crippen LogP contribution is -2.25. The van der Waals surface area contributed by atoms with Gasteiger partial charge in [0.2, 0.25) is 0 Å². The maximum atomic E-state index is 12.3. The Kier molecular flexibility index (Phi) is 7.33. The van der Waals surface area contributed by atoms with Gasteiger partial charge in [-0.3, -0.25) is 4.79 Å². The number of rotatable bonds is 9. The fourth-order valence-corrected chi connectivity index (χ4v) is 2.58. The minimum absolute atomic E-state index is 0.0636. The third kappa shape index (κ3) is 5.41. The molecule has 140 valence electrons. The SMILES string of the molecule is CCOc1ccc(CCNC(=O)c2ccc(N(C)C)cc2)cc1OCC. The van der Waals surface area contributed by atoms with Gasteiger partial charge in [0.15, 0.2) is 11.5 Å². The number of anilines is 1. The van der Waals surface area contributed by atoms with Crippen molar-refractivity contribution in [1.29, 1.82) is 0 Å². The Morgan fingerprint density at radius 3 is 2.23 bits per heavy atom. The van der Waals surface area contributed by atoms with E-state index in [4.69, 9.17) is 9.47 Å². The van der Waals surface area contributed by atoms with Gasteiger partial charge in [-0.2, -0.15) is 0 Å². The number of amides is 1. The Bertz CT molecular complexity index is 712. The largest absolute Gasteiger partial charge is 0.490 e. The van der Waals surface area contributed by atoms with Gasteiger partial charge in [0.05, 0.1) is 13.2 Å². The van der Waals surface area contributed by atoms with E-state index in [1.807, 2.05) is 75.3 Å². The molecule has 0 bridgehead atoms. The number of nitrogens with one attached hydrogen (secondary N) is 1. The van der Waals surface area contributed by atoms with Crippen LogP contribution in [0.1, 0.15) is 29.8 Å². The third-order valence-corrected chi connectivity index (χ3v) is 3.95. The first-order chi connectivity index (χ1) is 12.5. The fourth-order valence-electron chi connectivity index (χ4n) is 2.58. The van der Waals surface area contributed by atoms with Crippen LogP contribution in [0.15, 0.2) is 42.5 Å². The minimum Gasteiger partial charge on any atom is -0.490 e. The van der Waals surface area contributed by atoms with Crippen molar-refractivity contribution in [3.05, 3.63) is 53.6 Å². The smallest absolute Gasteiger partial charge is 0.251 e. The van der Waals surface area contributed by atoms with Gasteiger partial charge < -0.3 is 19.7 Å². The van der Waals surface area contributed by atoms with E-state index in [2.05, 4.69) is 5.32 Å². The maximum Gasteiger partial charge on any atom is 0.251 e. The third-order valence-electron chi connectivity index (χ3n) is 3.95. The number of benzene rings is 2. The van der Waals surface area contributed by atoms with Crippen molar-refractivity contribution < 1.29 is 14.3 Å². The summed E-state index contributed by atoms with van der Waals surface area (Å²) < 4.78 is 11.2. The van der Waals surface area contributed by atoms with Crippen LogP contribution in [-0.2, 0) is 6.42 Å². The van der Waals surface area contributed by atoms with E-state index in [9.17, 15) is 4.79 Å². The van der Waals surface area contributed by atoms with E-state index < -0.39 is 0 Å². The van der Waals surface area contributed by atoms with E-state index >= 15 is 0 Å². The molecule has 0 saturated heterocycles. The molecular formula is C21H28N2O3. The normalized spacial score (nSPS) is 10.3. The lowest BCUT2D eigenvalue weighted by molar-refractivity contribution is 0.0954. The highest BCUT2D eigenvalue weighted by Crippen LogP contribution is 2.28. The van der Waals surface area contributed by atoms with E-state index in [1.54, 1.807) is 0 Å². The molecule has 0 aliphatic rings. The zero-order valence-corrected chi connectivity index (χ0v) is 16.0. The second-order valence-electron chi connectivity index (χ2n) is 6.09. The highest BCUT2D eigenvalue weighted by molar-refractivity contribution is 5.94. The molecule has 0 unspecified atom stereocenters. The molecule has 1 amide bonds. The predicted octanol–water partition coefficient (Wildman–Crippen LogP) is 3.52. The van der Waals surface area contributed by atoms with Crippen LogP contribution in [0.2, 0.25) is 0 Å². The summed E-state index contributed by atoms with van der Waals surface area (Å²) in [5.41, 5.74) is 2.83. The average molecular weight is 356 g/mol. The van der Waals surface area contributed by atoms with Crippen LogP contribution in [-0.4, -0.2) is 39.8 Å². The average Bonchev–Trinajstić information content (AvgIpc) is 2.64. The van der Waals surface area contributed by atoms with Crippen LogP contribution in [0.5, 0.6) is 11.5 Å². The van der Waals surface area contributed by atoms with Gasteiger partial charge in [0.25, 0.3) is 5.91 Å². The molecule has 0 saturated carbocycles. The number of nitrogens with zero attached hydrogens (tertiary/aromatic N) is 1. The van der Waals surface area contributed by atoms with Gasteiger partial charge >= 0.3 is 0 Å². The van der Waals surface area contributed by atoms with Crippen molar-refractivity contribution in [3.8, 4) is 11.5 Å². The van der Waals surface area contributed by atoms with Crippen LogP contribution in [0.4, 0.5) is 5.69 Å². The Labute approximate surface area is 155 Å². The van der Waals surface area contributed by atoms with Gasteiger partial charge in [-0.25, -0.2) is 0 Å². The lowest BCUT2D eigenvalue weighted by atomic mass is 10.1. The molecule has 1 N–H and O–H groups in total. The van der Waals surface area contributed by atoms with E-state index in [0.29, 0.717) is 25.3 Å². The van der Waals surface area contributed by atoms with Crippen molar-refractivity contribution >= 4 is 11.6 Å². The van der Waals surface area contributed by atoms with Crippen LogP contribution >= 0.6 is 0 Å². The Balaban J connectivity index is 1.92. The van der Waals surface area contributed by atoms with Crippen LogP contribution in [0.3, 0.4) is 0 Å². The maximum absolute atomic E-state index is 12.3. The summed E-state index contributed by atoms with van der Waals surface area (Å²) in [6, 6.07) is 13.5. The highest BCUT2D eigenvalue weighted by atomic mass is 16.5. The summed E-state index contributed by atoms with van der Waals surface area (Å²) in [7, 11) is 3.95. The summed E-state index contributed by atoms with van der Waals surface area (Å²) in [5.74, 6) is 1.44. The summed E-state index contributed by atoms with van der Waals surface area (Å²) in [4.78, 5) is 14.3. The topological polar surface area (TPSA) is 50.8 Å². The van der Waals surface area contributed by atoms with E-state index in [0.717, 1.165) is 29.2 Å². The first-order valence-corrected chi connectivity index (χ1v) is 8.99. The molecule has 0 radical (unpaired) electrons. The van der Waals surface area contributed by atoms with Crippen LogP contribution in [0.25, 0.3) is 0 Å². The molecule has 2 aromatic rings. The van der Waals surface area contributed by atoms with E-state index in [1.165, 1.54) is 0 Å². The number of hydrogen-bond donors (Lipinski definition) is 1. The molecule has 2 aromatic carbocycles. The molecule has 0 aromatic heterocycles. The van der Waals surface area contributed by atoms with Gasteiger partial charge in [0, 0.05) is 31.9 Å². The molecule has 0 heterocycles. The zero-order valence-electron chi connectivity index (χ0n) is 16.0. The Morgan fingerprint density at radius 1 is 0.962 bits per heavy atom. The van der Waals surface area contributed by atoms with Gasteiger partial charge in [0.1, 0.15) is 0 Å². The Morgan fingerprint density at radius 2 is 1.62 bits per heavy atom. The second-order valence-corrected chi connectivity index (χ2v) is 6.09. The molecule has 5 nitrogen and oxygen atoms in total. The lowest BCUT2D eigenvalue weighted by Gasteiger charge is -2.13. The van der Waals surface area contributed by atoms with E-state index in [-0.39, 0.29) is 5.91 Å². The number of hydrogen-bond acceptors (Lipinski definition) is 4. The molecule has 26 heavy (non-hydrogen) atoms. The predicted molar refractivity (Wildman–Crippen MR) is 106 cm³/mol. The number of carbonyl (C=O) groups is 1. The summed E-state index contributed by atoms with van der Waals surface area (Å²) in [5, 5.41) is 2.96. The first kappa shape index (κ1) is 19.6. The summed E-state index contributed by atoms with van der Waals surface area (Å²) in [6.45, 7) is 5.65. The number of carbonyl (C=O) groups excluding carboxylic acids is 1. The fraction of sp³-hybridized carbons (Fsp3) is 0.381. The van der Waals surface area contributed by atoms with Crippen molar-refractivity contribution in [1.82, 2.24) is 5.32 Å². The molecule has 0 spiro atoms. The molecule has 0 atom stereocenters. The van der Waals surface area contributed by atoms with Crippen molar-refractivity contribution in [2.45, 2.75) is 20.3 Å². The molecular weight excluding hydrogens is 328 g/mol. The van der Waals surface area contributed by atoms with Gasteiger partial charge in [-0.15, -0.1) is 0 Å². The summed E-state index contributed by atoms with van der Waals surface area (Å²) in [6.07, 6.45) is 0.730. The van der Waals surface area contributed by atoms with Crippen molar-refractivity contribution in [3.63, 3.8) is 0 Å². The van der Waals surface area contributed by atoms with Gasteiger partial charge in [-0.05, 0) is 62.2 Å². The van der Waals surface area contributed by atoms with Crippen molar-refractivity contribution in [2.75, 3.05) is 38.8 Å². The first-order valence-electron chi connectivity index (χ1n) is 8.99. The van der Waals surface area contributed by atoms with Crippen LogP contribution in [0, 0.1) is 0 Å². The molecule has 5 heteroatoms. The zero-order chi connectivity index (χ0) is 18.9. The second kappa shape index (κ2) is 9.70.